The fourth-order valence-electron chi connectivity index (χ4n) is 4.78. The van der Waals surface area contributed by atoms with Gasteiger partial charge in [-0.3, -0.25) is 13.9 Å². The molecule has 45 heavy (non-hydrogen) atoms. The van der Waals surface area contributed by atoms with E-state index in [1.54, 1.807) is 36.4 Å². The van der Waals surface area contributed by atoms with Gasteiger partial charge in [0.15, 0.2) is 0 Å². The Morgan fingerprint density at radius 2 is 1.47 bits per heavy atom. The molecule has 4 aromatic rings. The van der Waals surface area contributed by atoms with Gasteiger partial charge in [-0.2, -0.15) is 0 Å². The summed E-state index contributed by atoms with van der Waals surface area (Å²) in [6.07, 6.45) is 0.890. The first-order chi connectivity index (χ1) is 21.5. The van der Waals surface area contributed by atoms with Crippen molar-refractivity contribution in [2.75, 3.05) is 17.4 Å². The summed E-state index contributed by atoms with van der Waals surface area (Å²) in [4.78, 5) is 29.6. The number of hydrogen-bond acceptors (Lipinski definition) is 4. The maximum absolute atomic E-state index is 14.5. The molecule has 0 bridgehead atoms. The Balaban J connectivity index is 1.83. The third kappa shape index (κ3) is 9.01. The van der Waals surface area contributed by atoms with Crippen LogP contribution in [-0.4, -0.2) is 44.3 Å². The molecule has 7 nitrogen and oxygen atoms in total. The van der Waals surface area contributed by atoms with E-state index in [9.17, 15) is 18.0 Å². The van der Waals surface area contributed by atoms with Crippen LogP contribution in [0, 0.1) is 6.92 Å². The van der Waals surface area contributed by atoms with Gasteiger partial charge in [0.05, 0.1) is 10.6 Å². The predicted molar refractivity (Wildman–Crippen MR) is 181 cm³/mol. The van der Waals surface area contributed by atoms with Crippen LogP contribution in [0.5, 0.6) is 0 Å². The summed E-state index contributed by atoms with van der Waals surface area (Å²) in [6, 6.07) is 26.0. The number of carbonyl (C=O) groups excluding carboxylic acids is 2. The van der Waals surface area contributed by atoms with E-state index in [1.165, 1.54) is 35.2 Å². The van der Waals surface area contributed by atoms with Gasteiger partial charge in [-0.25, -0.2) is 8.42 Å². The molecule has 4 rings (SSSR count). The number of sulfonamides is 1. The Hall–Kier alpha value is -3.56. The van der Waals surface area contributed by atoms with Gasteiger partial charge >= 0.3 is 0 Å². The third-order valence-corrected chi connectivity index (χ3v) is 9.74. The Morgan fingerprint density at radius 3 is 2.09 bits per heavy atom. The van der Waals surface area contributed by atoms with Crippen LogP contribution in [0.25, 0.3) is 0 Å². The lowest BCUT2D eigenvalue weighted by atomic mass is 10.0. The quantitative estimate of drug-likeness (QED) is 0.160. The number of nitrogens with one attached hydrogen (secondary N) is 1. The number of anilines is 1. The highest BCUT2D eigenvalue weighted by Gasteiger charge is 2.35. The van der Waals surface area contributed by atoms with Gasteiger partial charge in [0, 0.05) is 34.6 Å². The van der Waals surface area contributed by atoms with Crippen molar-refractivity contribution in [1.82, 2.24) is 10.2 Å². The van der Waals surface area contributed by atoms with Crippen LogP contribution in [0.15, 0.2) is 102 Å². The molecule has 0 aliphatic carbocycles. The zero-order chi connectivity index (χ0) is 32.6. The normalized spacial score (nSPS) is 11.9. The van der Waals surface area contributed by atoms with Gasteiger partial charge in [0.25, 0.3) is 10.0 Å². The van der Waals surface area contributed by atoms with Crippen molar-refractivity contribution in [3.05, 3.63) is 129 Å². The fourth-order valence-corrected chi connectivity index (χ4v) is 6.89. The summed E-state index contributed by atoms with van der Waals surface area (Å²) in [5.41, 5.74) is 2.41. The minimum Gasteiger partial charge on any atom is -0.354 e. The Kier molecular flexibility index (Phi) is 11.9. The molecule has 0 saturated carbocycles. The van der Waals surface area contributed by atoms with Crippen LogP contribution in [0.2, 0.25) is 15.1 Å². The molecule has 1 unspecified atom stereocenters. The van der Waals surface area contributed by atoms with Crippen molar-refractivity contribution in [3.63, 3.8) is 0 Å². The highest BCUT2D eigenvalue weighted by molar-refractivity contribution is 7.92. The van der Waals surface area contributed by atoms with E-state index in [4.69, 9.17) is 34.8 Å². The monoisotopic (exact) mass is 685 g/mol. The summed E-state index contributed by atoms with van der Waals surface area (Å²) in [5, 5.41) is 3.72. The molecule has 0 aliphatic heterocycles. The Morgan fingerprint density at radius 1 is 0.844 bits per heavy atom. The SMILES string of the molecule is CCCNC(=O)C(Cc1ccccc1)N(Cc1ccccc1Cl)C(=O)CN(c1cc(Cl)cc(Cl)c1)S(=O)(=O)c1ccc(C)cc1. The average molecular weight is 687 g/mol. The van der Waals surface area contributed by atoms with E-state index in [-0.39, 0.29) is 39.5 Å². The van der Waals surface area contributed by atoms with Gasteiger partial charge in [0.1, 0.15) is 12.6 Å². The van der Waals surface area contributed by atoms with Gasteiger partial charge in [-0.1, -0.05) is 108 Å². The molecular weight excluding hydrogens is 653 g/mol. The van der Waals surface area contributed by atoms with E-state index in [0.717, 1.165) is 15.4 Å². The summed E-state index contributed by atoms with van der Waals surface area (Å²) in [6.45, 7) is 3.52. The number of benzene rings is 4. The molecule has 11 heteroatoms. The smallest absolute Gasteiger partial charge is 0.264 e. The molecule has 0 saturated heterocycles. The maximum atomic E-state index is 14.5. The molecule has 0 spiro atoms. The molecule has 0 radical (unpaired) electrons. The summed E-state index contributed by atoms with van der Waals surface area (Å²) in [7, 11) is -4.29. The molecule has 0 fully saturated rings. The second kappa shape index (κ2) is 15.6. The predicted octanol–water partition coefficient (Wildman–Crippen LogP) is 7.32. The maximum Gasteiger partial charge on any atom is 0.264 e. The number of nitrogens with zero attached hydrogens (tertiary/aromatic N) is 2. The number of halogens is 3. The molecule has 1 N–H and O–H groups in total. The molecule has 2 amide bonds. The second-order valence-corrected chi connectivity index (χ2v) is 13.7. The van der Waals surface area contributed by atoms with Crippen molar-refractivity contribution in [2.45, 2.75) is 44.2 Å². The number of rotatable bonds is 13. The van der Waals surface area contributed by atoms with E-state index in [1.807, 2.05) is 44.2 Å². The standard InChI is InChI=1S/C34H34Cl3N3O4S/c1-3-17-38-34(42)32(18-25-9-5-4-6-10-25)39(22-26-11-7-8-12-31(26)37)33(41)23-40(29-20-27(35)19-28(36)21-29)45(43,44)30-15-13-24(2)14-16-30/h4-16,19-21,32H,3,17-18,22-23H2,1-2H3,(H,38,42). The van der Waals surface area contributed by atoms with Crippen molar-refractivity contribution >= 4 is 62.3 Å². The summed E-state index contributed by atoms with van der Waals surface area (Å²) in [5.74, 6) is -0.978. The molecule has 0 aliphatic rings. The molecule has 236 valence electrons. The van der Waals surface area contributed by atoms with Crippen molar-refractivity contribution in [1.29, 1.82) is 0 Å². The number of carbonyl (C=O) groups is 2. The van der Waals surface area contributed by atoms with Crippen LogP contribution >= 0.6 is 34.8 Å². The first-order valence-corrected chi connectivity index (χ1v) is 17.0. The highest BCUT2D eigenvalue weighted by atomic mass is 35.5. The summed E-state index contributed by atoms with van der Waals surface area (Å²) < 4.78 is 29.3. The van der Waals surface area contributed by atoms with Crippen LogP contribution in [0.3, 0.4) is 0 Å². The number of amides is 2. The van der Waals surface area contributed by atoms with Crippen LogP contribution in [-0.2, 0) is 32.6 Å². The lowest BCUT2D eigenvalue weighted by molar-refractivity contribution is -0.140. The molecular formula is C34H34Cl3N3O4S. The van der Waals surface area contributed by atoms with Crippen LogP contribution in [0.1, 0.15) is 30.0 Å². The highest BCUT2D eigenvalue weighted by Crippen LogP contribution is 2.31. The third-order valence-electron chi connectivity index (χ3n) is 7.14. The lowest BCUT2D eigenvalue weighted by Gasteiger charge is -2.34. The van der Waals surface area contributed by atoms with Crippen LogP contribution in [0.4, 0.5) is 5.69 Å². The minimum absolute atomic E-state index is 0.0174. The zero-order valence-corrected chi connectivity index (χ0v) is 28.0. The van der Waals surface area contributed by atoms with Crippen molar-refractivity contribution in [2.24, 2.45) is 0 Å². The molecule has 1 atom stereocenters. The van der Waals surface area contributed by atoms with E-state index < -0.39 is 28.5 Å². The Labute approximate surface area is 279 Å². The summed E-state index contributed by atoms with van der Waals surface area (Å²) >= 11 is 19.1. The second-order valence-electron chi connectivity index (χ2n) is 10.6. The fraction of sp³-hybridized carbons (Fsp3) is 0.235. The molecule has 0 heterocycles. The van der Waals surface area contributed by atoms with Gasteiger partial charge in [-0.15, -0.1) is 0 Å². The van der Waals surface area contributed by atoms with Crippen molar-refractivity contribution < 1.29 is 18.0 Å². The van der Waals surface area contributed by atoms with Gasteiger partial charge < -0.3 is 10.2 Å². The van der Waals surface area contributed by atoms with Gasteiger partial charge in [-0.05, 0) is 60.9 Å². The van der Waals surface area contributed by atoms with Crippen molar-refractivity contribution in [3.8, 4) is 0 Å². The first kappa shape index (κ1) is 34.3. The van der Waals surface area contributed by atoms with E-state index >= 15 is 0 Å². The molecule has 0 aromatic heterocycles. The van der Waals surface area contributed by atoms with Gasteiger partial charge in [0.2, 0.25) is 11.8 Å². The Bertz CT molecular complexity index is 1720. The topological polar surface area (TPSA) is 86.8 Å². The average Bonchev–Trinajstić information content (AvgIpc) is 3.01. The lowest BCUT2D eigenvalue weighted by Crippen LogP contribution is -2.53. The van der Waals surface area contributed by atoms with Crippen LogP contribution < -0.4 is 9.62 Å². The van der Waals surface area contributed by atoms with E-state index in [2.05, 4.69) is 5.32 Å². The largest absolute Gasteiger partial charge is 0.354 e. The minimum atomic E-state index is -4.29. The first-order valence-electron chi connectivity index (χ1n) is 14.4. The van der Waals surface area contributed by atoms with E-state index in [0.29, 0.717) is 23.6 Å². The molecule has 4 aromatic carbocycles. The number of aryl methyl sites for hydroxylation is 1. The zero-order valence-electron chi connectivity index (χ0n) is 24.9. The number of hydrogen-bond donors (Lipinski definition) is 1.